The number of aromatic nitrogens is 4. The van der Waals surface area contributed by atoms with E-state index in [4.69, 9.17) is 4.42 Å². The first-order valence-corrected chi connectivity index (χ1v) is 11.6. The molecule has 1 fully saturated rings. The molecule has 2 aliphatic rings. The third-order valence-corrected chi connectivity index (χ3v) is 7.49. The van der Waals surface area contributed by atoms with Crippen molar-refractivity contribution in [2.75, 3.05) is 6.54 Å². The lowest BCUT2D eigenvalue weighted by Gasteiger charge is -2.34. The molecular formula is C22H18F3N5O3S. The fourth-order valence-corrected chi connectivity index (χ4v) is 5.55. The summed E-state index contributed by atoms with van der Waals surface area (Å²) in [4.78, 5) is 30.5. The molecule has 12 heteroatoms. The van der Waals surface area contributed by atoms with Gasteiger partial charge < -0.3 is 19.4 Å². The molecule has 1 aromatic carbocycles. The minimum atomic E-state index is -4.93. The maximum atomic E-state index is 13.8. The number of nitrogens with zero attached hydrogens (tertiary/aromatic N) is 4. The third-order valence-electron chi connectivity index (χ3n) is 6.40. The predicted octanol–water partition coefficient (Wildman–Crippen LogP) is 4.19. The highest BCUT2D eigenvalue weighted by molar-refractivity contribution is 7.18. The first-order valence-electron chi connectivity index (χ1n) is 10.7. The number of carbonyl (C=O) groups is 1. The second kappa shape index (κ2) is 7.37. The van der Waals surface area contributed by atoms with E-state index in [1.807, 2.05) is 24.3 Å². The van der Waals surface area contributed by atoms with Crippen molar-refractivity contribution >= 4 is 27.5 Å². The number of hydrogen-bond donors (Lipinski definition) is 2. The molecule has 2 N–H and O–H groups in total. The van der Waals surface area contributed by atoms with Crippen molar-refractivity contribution in [1.29, 1.82) is 0 Å². The summed E-state index contributed by atoms with van der Waals surface area (Å²) in [6.45, 7) is 0.131. The predicted molar refractivity (Wildman–Crippen MR) is 114 cm³/mol. The van der Waals surface area contributed by atoms with E-state index in [0.717, 1.165) is 15.9 Å². The van der Waals surface area contributed by atoms with Crippen LogP contribution in [-0.2, 0) is 18.2 Å². The number of benzene rings is 1. The zero-order valence-corrected chi connectivity index (χ0v) is 18.4. The van der Waals surface area contributed by atoms with Gasteiger partial charge in [0.05, 0.1) is 22.2 Å². The molecule has 0 saturated heterocycles. The smallest absolute Gasteiger partial charge is 0.432 e. The highest BCUT2D eigenvalue weighted by Crippen LogP contribution is 2.44. The molecule has 4 heterocycles. The van der Waals surface area contributed by atoms with Gasteiger partial charge in [-0.15, -0.1) is 11.3 Å². The average Bonchev–Trinajstić information content (AvgIpc) is 3.53. The summed E-state index contributed by atoms with van der Waals surface area (Å²) in [5, 5.41) is 11.1. The molecule has 6 rings (SSSR count). The lowest BCUT2D eigenvalue weighted by atomic mass is 9.80. The number of H-pyrrole nitrogens is 1. The first kappa shape index (κ1) is 21.3. The molecule has 176 valence electrons. The zero-order valence-electron chi connectivity index (χ0n) is 17.6. The van der Waals surface area contributed by atoms with Crippen molar-refractivity contribution in [2.45, 2.75) is 43.5 Å². The average molecular weight is 489 g/mol. The molecule has 0 spiro atoms. The van der Waals surface area contributed by atoms with Crippen LogP contribution in [0.5, 0.6) is 0 Å². The lowest BCUT2D eigenvalue weighted by molar-refractivity contribution is -0.141. The highest BCUT2D eigenvalue weighted by Gasteiger charge is 2.49. The Balaban J connectivity index is 1.46. The summed E-state index contributed by atoms with van der Waals surface area (Å²) in [5.41, 5.74) is -0.954. The highest BCUT2D eigenvalue weighted by atomic mass is 32.1. The van der Waals surface area contributed by atoms with Gasteiger partial charge >= 0.3 is 6.18 Å². The van der Waals surface area contributed by atoms with Gasteiger partial charge in [0.1, 0.15) is 16.7 Å². The van der Waals surface area contributed by atoms with Gasteiger partial charge in [-0.1, -0.05) is 12.1 Å². The molecule has 0 radical (unpaired) electrons. The van der Waals surface area contributed by atoms with E-state index >= 15 is 0 Å². The van der Waals surface area contributed by atoms with Crippen LogP contribution < -0.4 is 0 Å². The van der Waals surface area contributed by atoms with E-state index in [2.05, 4.69) is 19.9 Å². The number of thiazole rings is 1. The van der Waals surface area contributed by atoms with Crippen LogP contribution in [0.1, 0.15) is 63.8 Å². The Morgan fingerprint density at radius 3 is 2.76 bits per heavy atom. The Bertz CT molecular complexity index is 1370. The molecule has 1 amide bonds. The van der Waals surface area contributed by atoms with E-state index < -0.39 is 41.1 Å². The van der Waals surface area contributed by atoms with Gasteiger partial charge in [0.25, 0.3) is 5.91 Å². The number of imidazole rings is 1. The van der Waals surface area contributed by atoms with Crippen LogP contribution in [0.4, 0.5) is 13.2 Å². The minimum Gasteiger partial charge on any atom is -0.432 e. The van der Waals surface area contributed by atoms with Gasteiger partial charge in [0.15, 0.2) is 5.69 Å². The molecule has 1 atom stereocenters. The van der Waals surface area contributed by atoms with Crippen molar-refractivity contribution in [3.8, 4) is 0 Å². The molecule has 1 aliphatic heterocycles. The topological polar surface area (TPSA) is 108 Å². The molecule has 8 nitrogen and oxygen atoms in total. The van der Waals surface area contributed by atoms with Gasteiger partial charge in [-0.3, -0.25) is 4.79 Å². The molecule has 0 unspecified atom stereocenters. The van der Waals surface area contributed by atoms with Crippen molar-refractivity contribution in [3.63, 3.8) is 0 Å². The van der Waals surface area contributed by atoms with E-state index in [1.54, 1.807) is 0 Å². The van der Waals surface area contributed by atoms with E-state index in [0.29, 0.717) is 23.5 Å². The van der Waals surface area contributed by atoms with Gasteiger partial charge in [-0.05, 0) is 31.4 Å². The van der Waals surface area contributed by atoms with Gasteiger partial charge in [0, 0.05) is 18.7 Å². The molecule has 34 heavy (non-hydrogen) atoms. The second-order valence-corrected chi connectivity index (χ2v) is 9.58. The van der Waals surface area contributed by atoms with Crippen molar-refractivity contribution in [2.24, 2.45) is 0 Å². The number of amides is 1. The van der Waals surface area contributed by atoms with Crippen molar-refractivity contribution < 1.29 is 27.5 Å². The number of para-hydroxylation sites is 1. The zero-order chi connectivity index (χ0) is 23.7. The Labute approximate surface area is 194 Å². The number of alkyl halides is 3. The first-order chi connectivity index (χ1) is 16.2. The number of carbonyl (C=O) groups excluding carboxylic acids is 1. The van der Waals surface area contributed by atoms with Gasteiger partial charge in [-0.2, -0.15) is 13.2 Å². The van der Waals surface area contributed by atoms with Crippen LogP contribution in [0.25, 0.3) is 10.2 Å². The largest absolute Gasteiger partial charge is 0.437 e. The lowest BCUT2D eigenvalue weighted by Crippen LogP contribution is -2.41. The SMILES string of the molecule is O=C(c1oc(C2(O)CCC2)nc1C(F)(F)F)N1CCc2[nH]cnc2[C@H]1c1nc2ccccc2s1. The summed E-state index contributed by atoms with van der Waals surface area (Å²) < 4.78 is 47.8. The van der Waals surface area contributed by atoms with Gasteiger partial charge in [-0.25, -0.2) is 15.0 Å². The number of rotatable bonds is 3. The molecule has 1 saturated carbocycles. The fraction of sp³-hybridized carbons (Fsp3) is 0.364. The number of fused-ring (bicyclic) bond motifs is 2. The van der Waals surface area contributed by atoms with Gasteiger partial charge in [0.2, 0.25) is 11.7 Å². The number of aliphatic hydroxyl groups is 1. The summed E-state index contributed by atoms with van der Waals surface area (Å²) in [6.07, 6.45) is -1.95. The normalized spacial score (nSPS) is 19.8. The molecule has 4 aromatic rings. The Hall–Kier alpha value is -3.25. The van der Waals surface area contributed by atoms with Crippen LogP contribution in [0, 0.1) is 0 Å². The van der Waals surface area contributed by atoms with Crippen LogP contribution >= 0.6 is 11.3 Å². The van der Waals surface area contributed by atoms with Crippen molar-refractivity contribution in [1.82, 2.24) is 24.8 Å². The number of aromatic amines is 1. The number of halogens is 3. The van der Waals surface area contributed by atoms with E-state index in [1.165, 1.54) is 22.6 Å². The van der Waals surface area contributed by atoms with Crippen LogP contribution in [0.3, 0.4) is 0 Å². The third kappa shape index (κ3) is 3.23. The fourth-order valence-electron chi connectivity index (χ4n) is 4.46. The summed E-state index contributed by atoms with van der Waals surface area (Å²) in [7, 11) is 0. The monoisotopic (exact) mass is 489 g/mol. The standard InChI is InChI=1S/C22H18F3N5O3S/c23-22(24,25)17-16(33-20(29-17)21(32)7-3-8-21)19(31)30-9-6-12-14(27-10-26-12)15(30)18-28-11-4-1-2-5-13(11)34-18/h1-2,4-5,10,15,32H,3,6-9H2,(H,26,27)/t15-/m0/s1. The number of nitrogens with one attached hydrogen (secondary N) is 1. The molecular weight excluding hydrogens is 471 g/mol. The van der Waals surface area contributed by atoms with Crippen LogP contribution in [-0.4, -0.2) is 42.4 Å². The molecule has 0 bridgehead atoms. The summed E-state index contributed by atoms with van der Waals surface area (Å²) >= 11 is 1.35. The number of oxazole rings is 1. The van der Waals surface area contributed by atoms with Crippen LogP contribution in [0.15, 0.2) is 35.0 Å². The summed E-state index contributed by atoms with van der Waals surface area (Å²) in [5.74, 6) is -2.36. The quantitative estimate of drug-likeness (QED) is 0.447. The minimum absolute atomic E-state index is 0.131. The van der Waals surface area contributed by atoms with E-state index in [-0.39, 0.29) is 19.4 Å². The summed E-state index contributed by atoms with van der Waals surface area (Å²) in [6, 6.07) is 6.64. The molecule has 3 aromatic heterocycles. The second-order valence-electron chi connectivity index (χ2n) is 8.52. The maximum absolute atomic E-state index is 13.8. The Kier molecular flexibility index (Phi) is 4.62. The molecule has 1 aliphatic carbocycles. The Morgan fingerprint density at radius 1 is 1.26 bits per heavy atom. The van der Waals surface area contributed by atoms with E-state index in [9.17, 15) is 23.1 Å². The number of hydrogen-bond acceptors (Lipinski definition) is 7. The van der Waals surface area contributed by atoms with Crippen molar-refractivity contribution in [3.05, 3.63) is 64.3 Å². The maximum Gasteiger partial charge on any atom is 0.437 e. The van der Waals surface area contributed by atoms with Crippen LogP contribution in [0.2, 0.25) is 0 Å². The Morgan fingerprint density at radius 2 is 2.06 bits per heavy atom.